The van der Waals surface area contributed by atoms with E-state index in [0.717, 1.165) is 0 Å². The summed E-state index contributed by atoms with van der Waals surface area (Å²) in [5.41, 5.74) is 0.331. The van der Waals surface area contributed by atoms with E-state index in [-0.39, 0.29) is 4.90 Å². The van der Waals surface area contributed by atoms with Gasteiger partial charge in [-0.3, -0.25) is 0 Å². The van der Waals surface area contributed by atoms with Crippen molar-refractivity contribution in [1.29, 1.82) is 0 Å². The van der Waals surface area contributed by atoms with E-state index in [1.54, 1.807) is 12.1 Å². The number of rotatable bonds is 1. The van der Waals surface area contributed by atoms with Crippen molar-refractivity contribution in [2.75, 3.05) is 0 Å². The van der Waals surface area contributed by atoms with Gasteiger partial charge in [0.15, 0.2) is 4.47 Å². The normalized spacial score (nSPS) is 12.1. The Morgan fingerprint density at radius 2 is 2.07 bits per heavy atom. The van der Waals surface area contributed by atoms with Gasteiger partial charge in [0.05, 0.1) is 4.70 Å². The van der Waals surface area contributed by atoms with Crippen molar-refractivity contribution in [2.24, 2.45) is 0 Å². The summed E-state index contributed by atoms with van der Waals surface area (Å²) in [6.45, 7) is 0. The summed E-state index contributed by atoms with van der Waals surface area (Å²) in [5, 5.41) is 0. The van der Waals surface area contributed by atoms with Crippen molar-refractivity contribution in [2.45, 2.75) is 4.90 Å². The van der Waals surface area contributed by atoms with Crippen LogP contribution in [0.1, 0.15) is 0 Å². The van der Waals surface area contributed by atoms with Crippen molar-refractivity contribution in [1.82, 2.24) is 4.98 Å². The Morgan fingerprint density at radius 1 is 1.36 bits per heavy atom. The summed E-state index contributed by atoms with van der Waals surface area (Å²) < 4.78 is 23.3. The quantitative estimate of drug-likeness (QED) is 0.747. The van der Waals surface area contributed by atoms with Crippen molar-refractivity contribution in [3.63, 3.8) is 0 Å². The van der Waals surface area contributed by atoms with Gasteiger partial charge in [0.25, 0.3) is 9.05 Å². The van der Waals surface area contributed by atoms with E-state index in [1.807, 2.05) is 0 Å². The zero-order valence-corrected chi connectivity index (χ0v) is 9.71. The molecule has 1 aromatic carbocycles. The van der Waals surface area contributed by atoms with Crippen LogP contribution in [-0.4, -0.2) is 13.4 Å². The Balaban J connectivity index is 2.90. The number of thiazole rings is 1. The minimum Gasteiger partial charge on any atom is -0.223 e. The number of halogens is 2. The predicted octanol–water partition coefficient (Wildman–Crippen LogP) is 2.88. The first-order valence-electron chi connectivity index (χ1n) is 3.48. The summed E-state index contributed by atoms with van der Waals surface area (Å²) in [4.78, 5) is 3.90. The molecule has 0 spiro atoms. The molecule has 1 aromatic heterocycles. The largest absolute Gasteiger partial charge is 0.263 e. The number of hydrogen-bond acceptors (Lipinski definition) is 4. The van der Waals surface area contributed by atoms with Gasteiger partial charge in [0.1, 0.15) is 10.4 Å². The zero-order chi connectivity index (χ0) is 10.3. The molecule has 2 rings (SSSR count). The molecule has 0 unspecified atom stereocenters. The van der Waals surface area contributed by atoms with Crippen molar-refractivity contribution in [3.8, 4) is 0 Å². The Kier molecular flexibility index (Phi) is 2.43. The molecule has 0 aliphatic rings. The molecule has 0 saturated carbocycles. The maximum atomic E-state index is 11.1. The van der Waals surface area contributed by atoms with Crippen LogP contribution < -0.4 is 0 Å². The minimum atomic E-state index is -3.76. The van der Waals surface area contributed by atoms with Crippen LogP contribution in [0.15, 0.2) is 23.1 Å². The molecule has 0 fully saturated rings. The third-order valence-electron chi connectivity index (χ3n) is 1.62. The minimum absolute atomic E-state index is 0.000170. The van der Waals surface area contributed by atoms with Crippen LogP contribution in [0.25, 0.3) is 10.2 Å². The fourth-order valence-electron chi connectivity index (χ4n) is 1.09. The van der Waals surface area contributed by atoms with Crippen LogP contribution >= 0.6 is 33.6 Å². The van der Waals surface area contributed by atoms with Crippen LogP contribution in [0.2, 0.25) is 4.47 Å². The SMILES string of the molecule is O=S(=O)(Cl)c1cccc2sc(Cl)nc12. The van der Waals surface area contributed by atoms with Gasteiger partial charge in [0.2, 0.25) is 0 Å². The summed E-state index contributed by atoms with van der Waals surface area (Å²) in [6, 6.07) is 4.75. The van der Waals surface area contributed by atoms with E-state index < -0.39 is 9.05 Å². The molecule has 0 N–H and O–H groups in total. The van der Waals surface area contributed by atoms with Gasteiger partial charge in [-0.1, -0.05) is 17.7 Å². The smallest absolute Gasteiger partial charge is 0.223 e. The number of hydrogen-bond donors (Lipinski definition) is 0. The van der Waals surface area contributed by atoms with Crippen LogP contribution in [-0.2, 0) is 9.05 Å². The van der Waals surface area contributed by atoms with E-state index in [9.17, 15) is 8.42 Å². The molecule has 0 aliphatic carbocycles. The Morgan fingerprint density at radius 3 is 2.71 bits per heavy atom. The van der Waals surface area contributed by atoms with E-state index in [1.165, 1.54) is 17.4 Å². The highest BCUT2D eigenvalue weighted by atomic mass is 35.7. The second-order valence-electron chi connectivity index (χ2n) is 2.51. The van der Waals surface area contributed by atoms with Gasteiger partial charge in [0, 0.05) is 10.7 Å². The van der Waals surface area contributed by atoms with Crippen LogP contribution in [0.3, 0.4) is 0 Å². The maximum Gasteiger partial charge on any atom is 0.263 e. The fourth-order valence-corrected chi connectivity index (χ4v) is 3.21. The lowest BCUT2D eigenvalue weighted by molar-refractivity contribution is 0.610. The van der Waals surface area contributed by atoms with Crippen molar-refractivity contribution in [3.05, 3.63) is 22.7 Å². The van der Waals surface area contributed by atoms with Gasteiger partial charge in [-0.25, -0.2) is 13.4 Å². The fraction of sp³-hybridized carbons (Fsp3) is 0. The van der Waals surface area contributed by atoms with Gasteiger partial charge >= 0.3 is 0 Å². The molecular formula is C7H3Cl2NO2S2. The third kappa shape index (κ3) is 1.72. The molecule has 14 heavy (non-hydrogen) atoms. The van der Waals surface area contributed by atoms with E-state index in [0.29, 0.717) is 14.7 Å². The lowest BCUT2D eigenvalue weighted by Crippen LogP contribution is -1.91. The molecule has 0 aliphatic heterocycles. The van der Waals surface area contributed by atoms with Crippen molar-refractivity contribution < 1.29 is 8.42 Å². The topological polar surface area (TPSA) is 47.0 Å². The first-order valence-corrected chi connectivity index (χ1v) is 6.98. The second kappa shape index (κ2) is 3.34. The van der Waals surface area contributed by atoms with Gasteiger partial charge in [-0.15, -0.1) is 11.3 Å². The molecule has 7 heteroatoms. The number of fused-ring (bicyclic) bond motifs is 1. The molecule has 0 amide bonds. The molecule has 0 bridgehead atoms. The van der Waals surface area contributed by atoms with Gasteiger partial charge in [-0.2, -0.15) is 0 Å². The Bertz CT molecular complexity index is 591. The average molecular weight is 268 g/mol. The maximum absolute atomic E-state index is 11.1. The monoisotopic (exact) mass is 267 g/mol. The van der Waals surface area contributed by atoms with E-state index in [2.05, 4.69) is 4.98 Å². The van der Waals surface area contributed by atoms with E-state index >= 15 is 0 Å². The molecular weight excluding hydrogens is 265 g/mol. The highest BCUT2D eigenvalue weighted by Crippen LogP contribution is 2.31. The van der Waals surface area contributed by atoms with Crippen LogP contribution in [0.5, 0.6) is 0 Å². The number of nitrogens with zero attached hydrogens (tertiary/aromatic N) is 1. The third-order valence-corrected chi connectivity index (χ3v) is 4.10. The summed E-state index contributed by atoms with van der Waals surface area (Å²) in [7, 11) is 1.48. The number of aromatic nitrogens is 1. The summed E-state index contributed by atoms with van der Waals surface area (Å²) in [6.07, 6.45) is 0. The second-order valence-corrected chi connectivity index (χ2v) is 6.65. The summed E-state index contributed by atoms with van der Waals surface area (Å²) >= 11 is 6.89. The van der Waals surface area contributed by atoms with Gasteiger partial charge < -0.3 is 0 Å². The lowest BCUT2D eigenvalue weighted by Gasteiger charge is -1.95. The predicted molar refractivity (Wildman–Crippen MR) is 57.7 cm³/mol. The highest BCUT2D eigenvalue weighted by Gasteiger charge is 2.16. The average Bonchev–Trinajstić information content (AvgIpc) is 2.41. The number of benzene rings is 1. The first-order chi connectivity index (χ1) is 6.48. The first kappa shape index (κ1) is 10.2. The Labute approximate surface area is 93.7 Å². The van der Waals surface area contributed by atoms with Gasteiger partial charge in [-0.05, 0) is 12.1 Å². The number of para-hydroxylation sites is 1. The Hall–Kier alpha value is -0.360. The summed E-state index contributed by atoms with van der Waals surface area (Å²) in [5.74, 6) is 0. The molecule has 3 nitrogen and oxygen atoms in total. The molecule has 0 saturated heterocycles. The zero-order valence-electron chi connectivity index (χ0n) is 6.57. The van der Waals surface area contributed by atoms with Crippen LogP contribution in [0, 0.1) is 0 Å². The highest BCUT2D eigenvalue weighted by molar-refractivity contribution is 8.14. The molecule has 1 heterocycles. The standard InChI is InChI=1S/C7H3Cl2NO2S2/c8-7-10-6-4(13-7)2-1-3-5(6)14(9,11)12/h1-3H. The lowest BCUT2D eigenvalue weighted by atomic mass is 10.3. The van der Waals surface area contributed by atoms with Crippen molar-refractivity contribution >= 4 is 52.9 Å². The molecule has 0 radical (unpaired) electrons. The molecule has 2 aromatic rings. The molecule has 74 valence electrons. The van der Waals surface area contributed by atoms with Crippen LogP contribution in [0.4, 0.5) is 0 Å². The molecule has 0 atom stereocenters. The van der Waals surface area contributed by atoms with E-state index in [4.69, 9.17) is 22.3 Å².